The summed E-state index contributed by atoms with van der Waals surface area (Å²) >= 11 is 0. The molecule has 2 aromatic heterocycles. The van der Waals surface area contributed by atoms with Gasteiger partial charge in [0.1, 0.15) is 5.82 Å². The standard InChI is InChI=1S/C18H19F3N4O/c1-7(2)25-13(17-9-4-12(26)15(17)14(9)17)5-11(24-25)8-3-10(18(19,20)21)16(22)23-6-8/h3,5-7,9,12,14-15,26H,4H2,1-2H3,(H2,22,23). The number of aromatic nitrogens is 3. The van der Waals surface area contributed by atoms with Crippen LogP contribution in [0.3, 0.4) is 0 Å². The number of rotatable bonds is 3. The largest absolute Gasteiger partial charge is 0.419 e. The lowest BCUT2D eigenvalue weighted by molar-refractivity contribution is -0.137. The number of halogens is 3. The third kappa shape index (κ3) is 1.80. The zero-order valence-corrected chi connectivity index (χ0v) is 14.3. The minimum atomic E-state index is -4.56. The molecule has 0 saturated heterocycles. The number of anilines is 1. The molecule has 5 unspecified atom stereocenters. The van der Waals surface area contributed by atoms with E-state index in [1.807, 2.05) is 24.6 Å². The Balaban J connectivity index is 1.59. The summed E-state index contributed by atoms with van der Waals surface area (Å²) in [6, 6.07) is 2.96. The highest BCUT2D eigenvalue weighted by Crippen LogP contribution is 2.90. The molecule has 0 radical (unpaired) electrons. The second-order valence-corrected chi connectivity index (χ2v) is 8.00. The maximum Gasteiger partial charge on any atom is 0.419 e. The third-order valence-corrected chi connectivity index (χ3v) is 6.42. The predicted octanol–water partition coefficient (Wildman–Crippen LogP) is 3.01. The van der Waals surface area contributed by atoms with Crippen molar-refractivity contribution in [2.75, 3.05) is 5.73 Å². The number of aliphatic hydroxyl groups is 1. The zero-order chi connectivity index (χ0) is 18.6. The quantitative estimate of drug-likeness (QED) is 0.878. The van der Waals surface area contributed by atoms with Gasteiger partial charge in [0.15, 0.2) is 0 Å². The van der Waals surface area contributed by atoms with Crippen molar-refractivity contribution in [2.24, 2.45) is 17.8 Å². The third-order valence-electron chi connectivity index (χ3n) is 6.42. The first-order valence-corrected chi connectivity index (χ1v) is 8.78. The summed E-state index contributed by atoms with van der Waals surface area (Å²) < 4.78 is 41.3. The molecule has 5 atom stereocenters. The number of nitrogen functional groups attached to an aromatic ring is 1. The summed E-state index contributed by atoms with van der Waals surface area (Å²) in [6.07, 6.45) is -2.68. The Morgan fingerprint density at radius 1 is 1.31 bits per heavy atom. The molecule has 2 bridgehead atoms. The van der Waals surface area contributed by atoms with Crippen molar-refractivity contribution in [3.63, 3.8) is 0 Å². The number of pyridine rings is 1. The van der Waals surface area contributed by atoms with E-state index in [1.165, 1.54) is 6.20 Å². The van der Waals surface area contributed by atoms with Gasteiger partial charge in [-0.2, -0.15) is 18.3 Å². The van der Waals surface area contributed by atoms with Crippen molar-refractivity contribution < 1.29 is 18.3 Å². The smallest absolute Gasteiger partial charge is 0.393 e. The molecule has 0 aliphatic heterocycles. The van der Waals surface area contributed by atoms with Gasteiger partial charge in [-0.25, -0.2) is 4.98 Å². The van der Waals surface area contributed by atoms with Gasteiger partial charge in [-0.15, -0.1) is 0 Å². The van der Waals surface area contributed by atoms with E-state index in [2.05, 4.69) is 10.1 Å². The van der Waals surface area contributed by atoms with Gasteiger partial charge in [-0.3, -0.25) is 4.68 Å². The van der Waals surface area contributed by atoms with Gasteiger partial charge in [0.25, 0.3) is 0 Å². The van der Waals surface area contributed by atoms with Gasteiger partial charge in [-0.05, 0) is 44.2 Å². The van der Waals surface area contributed by atoms with Crippen LogP contribution in [0.25, 0.3) is 11.3 Å². The number of hydrogen-bond acceptors (Lipinski definition) is 4. The normalized spacial score (nSPS) is 34.3. The van der Waals surface area contributed by atoms with Gasteiger partial charge in [0.05, 0.1) is 17.4 Å². The SMILES string of the molecule is CC(C)n1nc(-c2cnc(N)c(C(F)(F)F)c2)cc1C12C3CC(O)C1C32. The number of alkyl halides is 3. The Kier molecular flexibility index (Phi) is 2.85. The fraction of sp³-hybridized carbons (Fsp3) is 0.556. The molecule has 0 amide bonds. The molecular weight excluding hydrogens is 345 g/mol. The van der Waals surface area contributed by atoms with Crippen LogP contribution in [0, 0.1) is 17.8 Å². The maximum atomic E-state index is 13.1. The molecule has 5 nitrogen and oxygen atoms in total. The van der Waals surface area contributed by atoms with Gasteiger partial charge in [0, 0.05) is 34.8 Å². The first-order chi connectivity index (χ1) is 12.2. The van der Waals surface area contributed by atoms with Crippen LogP contribution in [0.1, 0.15) is 37.6 Å². The van der Waals surface area contributed by atoms with E-state index in [4.69, 9.17) is 5.73 Å². The number of nitrogens with two attached hydrogens (primary N) is 1. The monoisotopic (exact) mass is 364 g/mol. The van der Waals surface area contributed by atoms with Crippen LogP contribution >= 0.6 is 0 Å². The molecule has 4 aliphatic rings. The van der Waals surface area contributed by atoms with Gasteiger partial charge < -0.3 is 10.8 Å². The highest BCUT2D eigenvalue weighted by Gasteiger charge is 2.93. The van der Waals surface area contributed by atoms with E-state index in [-0.39, 0.29) is 23.5 Å². The average Bonchev–Trinajstić information content (AvgIpc) is 3.14. The Bertz CT molecular complexity index is 916. The summed E-state index contributed by atoms with van der Waals surface area (Å²) in [7, 11) is 0. The lowest BCUT2D eigenvalue weighted by atomic mass is 10.0. The highest BCUT2D eigenvalue weighted by atomic mass is 19.4. The molecule has 4 saturated carbocycles. The first-order valence-electron chi connectivity index (χ1n) is 8.78. The van der Waals surface area contributed by atoms with Crippen LogP contribution in [0.4, 0.5) is 19.0 Å². The van der Waals surface area contributed by atoms with Gasteiger partial charge in [-0.1, -0.05) is 0 Å². The minimum Gasteiger partial charge on any atom is -0.393 e. The lowest BCUT2D eigenvalue weighted by Gasteiger charge is -2.15. The molecule has 3 N–H and O–H groups in total. The van der Waals surface area contributed by atoms with Crippen LogP contribution in [0.15, 0.2) is 18.3 Å². The average molecular weight is 364 g/mol. The second kappa shape index (κ2) is 4.60. The van der Waals surface area contributed by atoms with Crippen molar-refractivity contribution in [1.82, 2.24) is 14.8 Å². The fourth-order valence-electron chi connectivity index (χ4n) is 5.29. The molecule has 138 valence electrons. The van der Waals surface area contributed by atoms with Crippen LogP contribution in [-0.2, 0) is 11.6 Å². The van der Waals surface area contributed by atoms with Crippen molar-refractivity contribution in [2.45, 2.75) is 44.0 Å². The van der Waals surface area contributed by atoms with E-state index >= 15 is 0 Å². The molecule has 8 heteroatoms. The van der Waals surface area contributed by atoms with E-state index < -0.39 is 17.6 Å². The molecule has 2 heterocycles. The van der Waals surface area contributed by atoms with Crippen LogP contribution in [-0.4, -0.2) is 26.0 Å². The molecule has 26 heavy (non-hydrogen) atoms. The Hall–Kier alpha value is -2.09. The Morgan fingerprint density at radius 2 is 2.04 bits per heavy atom. The number of hydrogen-bond donors (Lipinski definition) is 2. The molecule has 4 aliphatic carbocycles. The van der Waals surface area contributed by atoms with Gasteiger partial charge in [0.2, 0.25) is 0 Å². The van der Waals surface area contributed by atoms with Crippen molar-refractivity contribution in [3.05, 3.63) is 29.6 Å². The van der Waals surface area contributed by atoms with Crippen LogP contribution in [0.2, 0.25) is 0 Å². The van der Waals surface area contributed by atoms with E-state index in [0.717, 1.165) is 18.2 Å². The minimum absolute atomic E-state index is 0.0109. The Morgan fingerprint density at radius 3 is 2.58 bits per heavy atom. The number of nitrogens with zero attached hydrogens (tertiary/aromatic N) is 3. The first kappa shape index (κ1) is 16.1. The zero-order valence-electron chi connectivity index (χ0n) is 14.3. The number of fused-ring (bicyclic) bond motifs is 1. The van der Waals surface area contributed by atoms with Crippen molar-refractivity contribution in [3.8, 4) is 11.3 Å². The van der Waals surface area contributed by atoms with Crippen molar-refractivity contribution >= 4 is 5.82 Å². The maximum absolute atomic E-state index is 13.1. The van der Waals surface area contributed by atoms with E-state index in [0.29, 0.717) is 23.1 Å². The summed E-state index contributed by atoms with van der Waals surface area (Å²) in [6.45, 7) is 3.99. The highest BCUT2D eigenvalue weighted by molar-refractivity contribution is 5.65. The summed E-state index contributed by atoms with van der Waals surface area (Å²) in [5.74, 6) is 0.744. The second-order valence-electron chi connectivity index (χ2n) is 8.00. The topological polar surface area (TPSA) is 77.0 Å². The summed E-state index contributed by atoms with van der Waals surface area (Å²) in [4.78, 5) is 3.72. The van der Waals surface area contributed by atoms with E-state index in [1.54, 1.807) is 0 Å². The Labute approximate surface area is 148 Å². The number of aliphatic hydroxyl groups excluding tert-OH is 1. The van der Waals surface area contributed by atoms with Gasteiger partial charge >= 0.3 is 6.18 Å². The molecule has 2 aromatic rings. The molecule has 0 aromatic carbocycles. The van der Waals surface area contributed by atoms with E-state index in [9.17, 15) is 18.3 Å². The fourth-order valence-corrected chi connectivity index (χ4v) is 5.29. The van der Waals surface area contributed by atoms with Crippen LogP contribution < -0.4 is 5.73 Å². The molecule has 6 rings (SSSR count). The van der Waals surface area contributed by atoms with Crippen LogP contribution in [0.5, 0.6) is 0 Å². The summed E-state index contributed by atoms with van der Waals surface area (Å²) in [5, 5.41) is 14.7. The molecule has 0 spiro atoms. The predicted molar refractivity (Wildman–Crippen MR) is 88.0 cm³/mol. The summed E-state index contributed by atoms with van der Waals surface area (Å²) in [5.41, 5.74) is 6.24. The molecule has 4 fully saturated rings. The molecular formula is C18H19F3N4O. The lowest BCUT2D eigenvalue weighted by Crippen LogP contribution is -2.16. The van der Waals surface area contributed by atoms with Crippen molar-refractivity contribution in [1.29, 1.82) is 0 Å².